The standard InChI is InChI=1S/C14H22N4S/c1-5-7-10(6-2)16-12-11-8-9(3)19-13(11)18-14(15-4)17-12/h8,10H,5-7H2,1-4H3,(H2,15,16,17,18). The van der Waals surface area contributed by atoms with Crippen molar-refractivity contribution in [2.45, 2.75) is 46.1 Å². The van der Waals surface area contributed by atoms with E-state index in [-0.39, 0.29) is 0 Å². The summed E-state index contributed by atoms with van der Waals surface area (Å²) in [4.78, 5) is 11.4. The maximum absolute atomic E-state index is 4.58. The average molecular weight is 278 g/mol. The van der Waals surface area contributed by atoms with Crippen LogP contribution in [0.3, 0.4) is 0 Å². The monoisotopic (exact) mass is 278 g/mol. The van der Waals surface area contributed by atoms with Crippen molar-refractivity contribution in [3.8, 4) is 0 Å². The van der Waals surface area contributed by atoms with Gasteiger partial charge in [0, 0.05) is 18.0 Å². The summed E-state index contributed by atoms with van der Waals surface area (Å²) in [5, 5.41) is 7.75. The SMILES string of the molecule is CCCC(CC)Nc1nc(NC)nc2sc(C)cc12. The van der Waals surface area contributed by atoms with Gasteiger partial charge in [-0.25, -0.2) is 4.98 Å². The molecule has 2 aromatic rings. The molecule has 0 aliphatic rings. The van der Waals surface area contributed by atoms with Crippen LogP contribution < -0.4 is 10.6 Å². The van der Waals surface area contributed by atoms with Crippen molar-refractivity contribution in [3.05, 3.63) is 10.9 Å². The molecule has 0 aliphatic carbocycles. The first-order valence-corrected chi connectivity index (χ1v) is 7.72. The van der Waals surface area contributed by atoms with E-state index >= 15 is 0 Å². The lowest BCUT2D eigenvalue weighted by Gasteiger charge is -2.17. The quantitative estimate of drug-likeness (QED) is 0.837. The zero-order chi connectivity index (χ0) is 13.8. The Kier molecular flexibility index (Phi) is 4.58. The molecule has 4 nitrogen and oxygen atoms in total. The molecule has 0 fully saturated rings. The van der Waals surface area contributed by atoms with Gasteiger partial charge >= 0.3 is 0 Å². The van der Waals surface area contributed by atoms with E-state index in [2.05, 4.69) is 47.4 Å². The predicted molar refractivity (Wildman–Crippen MR) is 84.3 cm³/mol. The number of thiophene rings is 1. The number of rotatable bonds is 6. The van der Waals surface area contributed by atoms with Crippen molar-refractivity contribution in [1.82, 2.24) is 9.97 Å². The number of nitrogens with one attached hydrogen (secondary N) is 2. The van der Waals surface area contributed by atoms with E-state index in [1.54, 1.807) is 11.3 Å². The molecule has 0 saturated carbocycles. The summed E-state index contributed by atoms with van der Waals surface area (Å²) < 4.78 is 0. The number of aromatic nitrogens is 2. The molecule has 2 rings (SSSR count). The Hall–Kier alpha value is -1.36. The molecular formula is C14H22N4S. The number of aryl methyl sites for hydroxylation is 1. The Bertz CT molecular complexity index is 550. The van der Waals surface area contributed by atoms with E-state index in [4.69, 9.17) is 0 Å². The number of hydrogen-bond donors (Lipinski definition) is 2. The van der Waals surface area contributed by atoms with Crippen LogP contribution in [0.15, 0.2) is 6.07 Å². The Morgan fingerprint density at radius 2 is 2.11 bits per heavy atom. The van der Waals surface area contributed by atoms with Crippen molar-refractivity contribution >= 4 is 33.3 Å². The molecule has 0 radical (unpaired) electrons. The van der Waals surface area contributed by atoms with Crippen molar-refractivity contribution < 1.29 is 0 Å². The number of nitrogens with zero attached hydrogens (tertiary/aromatic N) is 2. The van der Waals surface area contributed by atoms with Gasteiger partial charge in [0.25, 0.3) is 0 Å². The second kappa shape index (κ2) is 6.19. The Morgan fingerprint density at radius 1 is 1.32 bits per heavy atom. The summed E-state index contributed by atoms with van der Waals surface area (Å²) >= 11 is 1.71. The summed E-state index contributed by atoms with van der Waals surface area (Å²) in [7, 11) is 1.86. The molecule has 104 valence electrons. The fraction of sp³-hybridized carbons (Fsp3) is 0.571. The van der Waals surface area contributed by atoms with Crippen molar-refractivity contribution in [2.75, 3.05) is 17.7 Å². The van der Waals surface area contributed by atoms with Gasteiger partial charge in [-0.2, -0.15) is 4.98 Å². The van der Waals surface area contributed by atoms with Crippen molar-refractivity contribution in [3.63, 3.8) is 0 Å². The molecule has 2 aromatic heterocycles. The minimum atomic E-state index is 0.480. The van der Waals surface area contributed by atoms with Crippen LogP contribution in [-0.2, 0) is 0 Å². The third-order valence-corrected chi connectivity index (χ3v) is 4.15. The highest BCUT2D eigenvalue weighted by Crippen LogP contribution is 2.30. The summed E-state index contributed by atoms with van der Waals surface area (Å²) in [5.74, 6) is 1.64. The van der Waals surface area contributed by atoms with E-state index in [1.165, 1.54) is 17.7 Å². The van der Waals surface area contributed by atoms with Crippen LogP contribution in [-0.4, -0.2) is 23.1 Å². The van der Waals surface area contributed by atoms with Gasteiger partial charge in [0.05, 0.1) is 5.39 Å². The zero-order valence-electron chi connectivity index (χ0n) is 12.1. The van der Waals surface area contributed by atoms with E-state index in [1.807, 2.05) is 7.05 Å². The predicted octanol–water partition coefficient (Wildman–Crippen LogP) is 4.03. The van der Waals surface area contributed by atoms with Crippen LogP contribution >= 0.6 is 11.3 Å². The number of anilines is 2. The van der Waals surface area contributed by atoms with Gasteiger partial charge in [0.1, 0.15) is 10.6 Å². The molecule has 0 saturated heterocycles. The lowest BCUT2D eigenvalue weighted by atomic mass is 10.1. The van der Waals surface area contributed by atoms with Gasteiger partial charge in [-0.05, 0) is 25.8 Å². The van der Waals surface area contributed by atoms with Gasteiger partial charge in [-0.1, -0.05) is 20.3 Å². The van der Waals surface area contributed by atoms with Gasteiger partial charge in [-0.3, -0.25) is 0 Å². The molecule has 0 amide bonds. The summed E-state index contributed by atoms with van der Waals surface area (Å²) in [6.45, 7) is 6.54. The number of fused-ring (bicyclic) bond motifs is 1. The van der Waals surface area contributed by atoms with Gasteiger partial charge in [-0.15, -0.1) is 11.3 Å². The maximum Gasteiger partial charge on any atom is 0.225 e. The topological polar surface area (TPSA) is 49.8 Å². The minimum absolute atomic E-state index is 0.480. The molecule has 0 spiro atoms. The second-order valence-electron chi connectivity index (χ2n) is 4.76. The van der Waals surface area contributed by atoms with Crippen LogP contribution in [0, 0.1) is 6.92 Å². The Morgan fingerprint density at radius 3 is 2.74 bits per heavy atom. The highest BCUT2D eigenvalue weighted by Gasteiger charge is 2.13. The number of hydrogen-bond acceptors (Lipinski definition) is 5. The lowest BCUT2D eigenvalue weighted by Crippen LogP contribution is -2.19. The molecule has 1 unspecified atom stereocenters. The molecule has 19 heavy (non-hydrogen) atoms. The highest BCUT2D eigenvalue weighted by molar-refractivity contribution is 7.18. The normalized spacial score (nSPS) is 12.6. The molecule has 1 atom stereocenters. The second-order valence-corrected chi connectivity index (χ2v) is 5.99. The van der Waals surface area contributed by atoms with E-state index < -0.39 is 0 Å². The summed E-state index contributed by atoms with van der Waals surface area (Å²) in [5.41, 5.74) is 0. The van der Waals surface area contributed by atoms with Crippen LogP contribution in [0.25, 0.3) is 10.2 Å². The highest BCUT2D eigenvalue weighted by atomic mass is 32.1. The minimum Gasteiger partial charge on any atom is -0.367 e. The van der Waals surface area contributed by atoms with Crippen LogP contribution in [0.5, 0.6) is 0 Å². The smallest absolute Gasteiger partial charge is 0.225 e. The van der Waals surface area contributed by atoms with E-state index in [0.29, 0.717) is 12.0 Å². The van der Waals surface area contributed by atoms with Crippen molar-refractivity contribution in [2.24, 2.45) is 0 Å². The summed E-state index contributed by atoms with van der Waals surface area (Å²) in [6, 6.07) is 2.65. The molecule has 0 bridgehead atoms. The molecule has 2 heterocycles. The van der Waals surface area contributed by atoms with Gasteiger partial charge in [0.2, 0.25) is 5.95 Å². The first kappa shape index (κ1) is 14.1. The van der Waals surface area contributed by atoms with Gasteiger partial charge in [0.15, 0.2) is 0 Å². The maximum atomic E-state index is 4.58. The zero-order valence-corrected chi connectivity index (χ0v) is 12.9. The van der Waals surface area contributed by atoms with Crippen LogP contribution in [0.1, 0.15) is 38.0 Å². The third kappa shape index (κ3) is 3.15. The fourth-order valence-corrected chi connectivity index (χ4v) is 3.06. The first-order valence-electron chi connectivity index (χ1n) is 6.90. The molecular weight excluding hydrogens is 256 g/mol. The van der Waals surface area contributed by atoms with Crippen LogP contribution in [0.2, 0.25) is 0 Å². The van der Waals surface area contributed by atoms with Crippen molar-refractivity contribution in [1.29, 1.82) is 0 Å². The third-order valence-electron chi connectivity index (χ3n) is 3.21. The van der Waals surface area contributed by atoms with Gasteiger partial charge < -0.3 is 10.6 Å². The van der Waals surface area contributed by atoms with E-state index in [9.17, 15) is 0 Å². The molecule has 0 aliphatic heterocycles. The molecule has 2 N–H and O–H groups in total. The molecule has 0 aromatic carbocycles. The Balaban J connectivity index is 2.39. The Labute approximate surface area is 118 Å². The van der Waals surface area contributed by atoms with Crippen LogP contribution in [0.4, 0.5) is 11.8 Å². The fourth-order valence-electron chi connectivity index (χ4n) is 2.18. The first-order chi connectivity index (χ1) is 9.17. The summed E-state index contributed by atoms with van der Waals surface area (Å²) in [6.07, 6.45) is 3.46. The van der Waals surface area contributed by atoms with E-state index in [0.717, 1.165) is 22.5 Å². The largest absolute Gasteiger partial charge is 0.367 e. The lowest BCUT2D eigenvalue weighted by molar-refractivity contribution is 0.621. The molecule has 5 heteroatoms. The average Bonchev–Trinajstić information content (AvgIpc) is 2.78.